The molecule has 0 aliphatic heterocycles. The molecule has 12 heteroatoms. The summed E-state index contributed by atoms with van der Waals surface area (Å²) in [6.07, 6.45) is 4.04. The van der Waals surface area contributed by atoms with E-state index in [2.05, 4.69) is 41.2 Å². The Morgan fingerprint density at radius 1 is 1.11 bits per heavy atom. The topological polar surface area (TPSA) is 126 Å². The summed E-state index contributed by atoms with van der Waals surface area (Å²) in [5, 5.41) is 9.86. The largest absolute Gasteiger partial charge is 0.487 e. The standard InChI is InChI=1S/C23H19BrClN5O4S/c1-35(32,33)30-18-10-16(25)9-17(11-18)28-23(31)19-12-27-29-21(19)22-20(6-3-7-26-22)34-13-14-4-2-5-15(24)8-14/h2-12,30H,13H2,1H3,(H,27,29)(H,28,31). The molecule has 2 heterocycles. The van der Waals surface area contributed by atoms with Crippen molar-refractivity contribution in [1.82, 2.24) is 15.2 Å². The molecule has 0 saturated heterocycles. The number of sulfonamides is 1. The normalized spacial score (nSPS) is 11.2. The first-order valence-corrected chi connectivity index (χ1v) is 13.2. The summed E-state index contributed by atoms with van der Waals surface area (Å²) < 4.78 is 32.4. The van der Waals surface area contributed by atoms with E-state index in [-0.39, 0.29) is 16.3 Å². The van der Waals surface area contributed by atoms with E-state index < -0.39 is 15.9 Å². The van der Waals surface area contributed by atoms with Gasteiger partial charge >= 0.3 is 0 Å². The molecule has 0 fully saturated rings. The molecule has 180 valence electrons. The van der Waals surface area contributed by atoms with E-state index in [1.54, 1.807) is 18.3 Å². The van der Waals surface area contributed by atoms with Gasteiger partial charge in [-0.15, -0.1) is 0 Å². The monoisotopic (exact) mass is 575 g/mol. The van der Waals surface area contributed by atoms with Crippen LogP contribution in [0, 0.1) is 0 Å². The van der Waals surface area contributed by atoms with Crippen LogP contribution >= 0.6 is 27.5 Å². The van der Waals surface area contributed by atoms with Crippen LogP contribution in [0.1, 0.15) is 15.9 Å². The van der Waals surface area contributed by atoms with Gasteiger partial charge in [0.05, 0.1) is 17.5 Å². The fourth-order valence-corrected chi connectivity index (χ4v) is 4.48. The predicted molar refractivity (Wildman–Crippen MR) is 138 cm³/mol. The average Bonchev–Trinajstić information content (AvgIpc) is 3.26. The second kappa shape index (κ2) is 10.5. The highest BCUT2D eigenvalue weighted by Gasteiger charge is 2.21. The van der Waals surface area contributed by atoms with Gasteiger partial charge in [-0.2, -0.15) is 5.10 Å². The maximum absolute atomic E-state index is 13.1. The van der Waals surface area contributed by atoms with Crippen molar-refractivity contribution < 1.29 is 17.9 Å². The van der Waals surface area contributed by atoms with Gasteiger partial charge in [0.25, 0.3) is 5.91 Å². The number of aromatic amines is 1. The van der Waals surface area contributed by atoms with E-state index >= 15 is 0 Å². The lowest BCUT2D eigenvalue weighted by Crippen LogP contribution is -2.14. The van der Waals surface area contributed by atoms with E-state index in [9.17, 15) is 13.2 Å². The maximum atomic E-state index is 13.1. The van der Waals surface area contributed by atoms with Crippen molar-refractivity contribution in [3.05, 3.63) is 87.6 Å². The molecule has 0 spiro atoms. The number of hydrogen-bond donors (Lipinski definition) is 3. The molecule has 1 amide bonds. The van der Waals surface area contributed by atoms with Crippen LogP contribution in [0.3, 0.4) is 0 Å². The third-order valence-corrected chi connectivity index (χ3v) is 5.94. The van der Waals surface area contributed by atoms with Crippen molar-refractivity contribution in [2.75, 3.05) is 16.3 Å². The van der Waals surface area contributed by atoms with Crippen LogP contribution in [-0.2, 0) is 16.6 Å². The minimum absolute atomic E-state index is 0.216. The SMILES string of the molecule is CS(=O)(=O)Nc1cc(Cl)cc(NC(=O)c2c[nH]nc2-c2ncccc2OCc2cccc(Br)c2)c1. The number of carbonyl (C=O) groups excluding carboxylic acids is 1. The summed E-state index contributed by atoms with van der Waals surface area (Å²) in [7, 11) is -3.52. The van der Waals surface area contributed by atoms with E-state index in [0.29, 0.717) is 29.4 Å². The highest BCUT2D eigenvalue weighted by atomic mass is 79.9. The van der Waals surface area contributed by atoms with Gasteiger partial charge in [-0.1, -0.05) is 39.7 Å². The van der Waals surface area contributed by atoms with Crippen LogP contribution in [0.25, 0.3) is 11.4 Å². The van der Waals surface area contributed by atoms with Gasteiger partial charge < -0.3 is 10.1 Å². The molecule has 0 aliphatic carbocycles. The quantitative estimate of drug-likeness (QED) is 0.268. The predicted octanol–water partition coefficient (Wildman–Crippen LogP) is 5.09. The van der Waals surface area contributed by atoms with Gasteiger partial charge in [0, 0.05) is 27.6 Å². The molecule has 2 aromatic heterocycles. The van der Waals surface area contributed by atoms with E-state index in [4.69, 9.17) is 16.3 Å². The van der Waals surface area contributed by atoms with Gasteiger partial charge in [0.15, 0.2) is 0 Å². The van der Waals surface area contributed by atoms with Crippen molar-refractivity contribution in [3.63, 3.8) is 0 Å². The van der Waals surface area contributed by atoms with Crippen molar-refractivity contribution in [2.24, 2.45) is 0 Å². The van der Waals surface area contributed by atoms with Gasteiger partial charge in [-0.25, -0.2) is 8.42 Å². The summed E-state index contributed by atoms with van der Waals surface area (Å²) in [5.41, 5.74) is 2.37. The minimum atomic E-state index is -3.52. The molecule has 0 radical (unpaired) electrons. The maximum Gasteiger partial charge on any atom is 0.259 e. The molecule has 0 saturated carbocycles. The Labute approximate surface area is 215 Å². The number of anilines is 2. The zero-order valence-corrected chi connectivity index (χ0v) is 21.4. The number of amides is 1. The van der Waals surface area contributed by atoms with E-state index in [1.165, 1.54) is 24.4 Å². The van der Waals surface area contributed by atoms with Crippen LogP contribution in [0.4, 0.5) is 11.4 Å². The second-order valence-corrected chi connectivity index (χ2v) is 10.6. The summed E-state index contributed by atoms with van der Waals surface area (Å²) >= 11 is 9.54. The third kappa shape index (κ3) is 6.59. The second-order valence-electron chi connectivity index (χ2n) is 7.47. The molecule has 0 bridgehead atoms. The Kier molecular flexibility index (Phi) is 7.39. The Morgan fingerprint density at radius 3 is 2.69 bits per heavy atom. The molecule has 0 unspecified atom stereocenters. The molecule has 35 heavy (non-hydrogen) atoms. The van der Waals surface area contributed by atoms with Crippen molar-refractivity contribution in [2.45, 2.75) is 6.61 Å². The van der Waals surface area contributed by atoms with E-state index in [1.807, 2.05) is 24.3 Å². The number of ether oxygens (including phenoxy) is 1. The minimum Gasteiger partial charge on any atom is -0.487 e. The summed E-state index contributed by atoms with van der Waals surface area (Å²) in [4.78, 5) is 17.5. The molecule has 4 aromatic rings. The highest BCUT2D eigenvalue weighted by molar-refractivity contribution is 9.10. The number of pyridine rings is 1. The Hall–Kier alpha value is -3.41. The number of rotatable bonds is 8. The highest BCUT2D eigenvalue weighted by Crippen LogP contribution is 2.30. The lowest BCUT2D eigenvalue weighted by molar-refractivity contribution is 0.102. The van der Waals surface area contributed by atoms with Gasteiger partial charge in [-0.05, 0) is 48.0 Å². The van der Waals surface area contributed by atoms with Crippen LogP contribution in [0.15, 0.2) is 71.5 Å². The van der Waals surface area contributed by atoms with Crippen molar-refractivity contribution in [3.8, 4) is 17.1 Å². The average molecular weight is 577 g/mol. The number of hydrogen-bond acceptors (Lipinski definition) is 6. The zero-order chi connectivity index (χ0) is 25.0. The Morgan fingerprint density at radius 2 is 1.91 bits per heavy atom. The first-order chi connectivity index (χ1) is 16.7. The van der Waals surface area contributed by atoms with E-state index in [0.717, 1.165) is 16.3 Å². The molecular weight excluding hydrogens is 558 g/mol. The molecule has 9 nitrogen and oxygen atoms in total. The molecule has 2 aromatic carbocycles. The van der Waals surface area contributed by atoms with Gasteiger partial charge in [0.2, 0.25) is 10.0 Å². The zero-order valence-electron chi connectivity index (χ0n) is 18.2. The Bertz CT molecular complexity index is 1490. The fraction of sp³-hybridized carbons (Fsp3) is 0.0870. The number of H-pyrrole nitrogens is 1. The number of carbonyl (C=O) groups is 1. The summed E-state index contributed by atoms with van der Waals surface area (Å²) in [6.45, 7) is 0.294. The van der Waals surface area contributed by atoms with Crippen molar-refractivity contribution in [1.29, 1.82) is 0 Å². The Balaban J connectivity index is 1.57. The fourth-order valence-electron chi connectivity index (χ4n) is 3.25. The number of nitrogens with zero attached hydrogens (tertiary/aromatic N) is 2. The van der Waals surface area contributed by atoms with Crippen LogP contribution < -0.4 is 14.8 Å². The van der Waals surface area contributed by atoms with Crippen LogP contribution in [0.2, 0.25) is 5.02 Å². The summed E-state index contributed by atoms with van der Waals surface area (Å²) in [6, 6.07) is 15.6. The summed E-state index contributed by atoms with van der Waals surface area (Å²) in [5.74, 6) is -0.0408. The lowest BCUT2D eigenvalue weighted by atomic mass is 10.1. The lowest BCUT2D eigenvalue weighted by Gasteiger charge is -2.12. The van der Waals surface area contributed by atoms with Crippen LogP contribution in [-0.4, -0.2) is 35.8 Å². The third-order valence-electron chi connectivity index (χ3n) is 4.62. The molecule has 4 rings (SSSR count). The smallest absolute Gasteiger partial charge is 0.259 e. The first-order valence-electron chi connectivity index (χ1n) is 10.1. The van der Waals surface area contributed by atoms with Crippen LogP contribution in [0.5, 0.6) is 5.75 Å². The van der Waals surface area contributed by atoms with Gasteiger partial charge in [0.1, 0.15) is 23.7 Å². The molecule has 0 aliphatic rings. The molecule has 0 atom stereocenters. The number of nitrogens with one attached hydrogen (secondary N) is 3. The van der Waals surface area contributed by atoms with Gasteiger partial charge in [-0.3, -0.25) is 19.6 Å². The molecule has 3 N–H and O–H groups in total. The number of benzene rings is 2. The molecular formula is C23H19BrClN5O4S. The number of aromatic nitrogens is 3. The van der Waals surface area contributed by atoms with Crippen molar-refractivity contribution >= 4 is 54.8 Å². The number of halogens is 2. The first kappa shape index (κ1) is 24.7.